The minimum atomic E-state index is -1.01. The molecule has 1 saturated carbocycles. The number of hydrogen-bond acceptors (Lipinski definition) is 3. The summed E-state index contributed by atoms with van der Waals surface area (Å²) >= 11 is 0. The van der Waals surface area contributed by atoms with E-state index in [0.29, 0.717) is 12.8 Å². The van der Waals surface area contributed by atoms with Crippen molar-refractivity contribution >= 4 is 17.3 Å². The molecule has 0 aliphatic heterocycles. The molecule has 0 unspecified atom stereocenters. The smallest absolute Gasteiger partial charge is 0.156 e. The van der Waals surface area contributed by atoms with Crippen LogP contribution < -0.4 is 0 Å². The van der Waals surface area contributed by atoms with Crippen LogP contribution in [0.2, 0.25) is 0 Å². The van der Waals surface area contributed by atoms with Crippen LogP contribution >= 0.6 is 0 Å². The van der Waals surface area contributed by atoms with Crippen LogP contribution in [0.15, 0.2) is 0 Å². The first-order valence-electron chi connectivity index (χ1n) is 5.64. The van der Waals surface area contributed by atoms with Crippen LogP contribution in [0.4, 0.5) is 0 Å². The molecule has 0 radical (unpaired) electrons. The number of carbonyl (C=O) groups excluding carboxylic acids is 3. The Kier molecular flexibility index (Phi) is 3.10. The van der Waals surface area contributed by atoms with Crippen LogP contribution in [0.1, 0.15) is 47.5 Å². The molecule has 0 aromatic rings. The Morgan fingerprint density at radius 3 is 1.81 bits per heavy atom. The lowest BCUT2D eigenvalue weighted by atomic mass is 9.67. The Morgan fingerprint density at radius 1 is 1.12 bits per heavy atom. The van der Waals surface area contributed by atoms with Gasteiger partial charge in [-0.1, -0.05) is 34.6 Å². The summed E-state index contributed by atoms with van der Waals surface area (Å²) in [5, 5.41) is 0. The van der Waals surface area contributed by atoms with E-state index in [1.165, 1.54) is 0 Å². The van der Waals surface area contributed by atoms with Crippen LogP contribution in [0, 0.1) is 16.7 Å². The zero-order valence-electron chi connectivity index (χ0n) is 10.7. The van der Waals surface area contributed by atoms with E-state index >= 15 is 0 Å². The first-order chi connectivity index (χ1) is 7.04. The van der Waals surface area contributed by atoms with Gasteiger partial charge in [0.2, 0.25) is 0 Å². The van der Waals surface area contributed by atoms with Gasteiger partial charge in [0, 0.05) is 18.3 Å². The van der Waals surface area contributed by atoms with Crippen LogP contribution in [-0.2, 0) is 14.4 Å². The molecule has 0 N–H and O–H groups in total. The Bertz CT molecular complexity index is 325. The van der Waals surface area contributed by atoms with Crippen molar-refractivity contribution in [1.29, 1.82) is 0 Å². The molecule has 0 spiro atoms. The second-order valence-electron chi connectivity index (χ2n) is 6.50. The van der Waals surface area contributed by atoms with Crippen LogP contribution in [-0.4, -0.2) is 17.3 Å². The molecule has 0 aromatic heterocycles. The Hall–Kier alpha value is -0.990. The minimum Gasteiger partial charge on any atom is -0.298 e. The lowest BCUT2D eigenvalue weighted by Crippen LogP contribution is -2.45. The molecule has 90 valence electrons. The van der Waals surface area contributed by atoms with Gasteiger partial charge in [0.25, 0.3) is 0 Å². The van der Waals surface area contributed by atoms with Crippen molar-refractivity contribution in [1.82, 2.24) is 0 Å². The molecule has 3 heteroatoms. The summed E-state index contributed by atoms with van der Waals surface area (Å²) in [4.78, 5) is 35.7. The number of Topliss-reactive ketones (excluding diaryl/α,β-unsaturated/α-hetero) is 3. The molecular weight excluding hydrogens is 204 g/mol. The van der Waals surface area contributed by atoms with Crippen molar-refractivity contribution < 1.29 is 14.4 Å². The van der Waals surface area contributed by atoms with Gasteiger partial charge >= 0.3 is 0 Å². The summed E-state index contributed by atoms with van der Waals surface area (Å²) in [5.41, 5.74) is -0.916. The molecule has 3 nitrogen and oxygen atoms in total. The lowest BCUT2D eigenvalue weighted by Gasteiger charge is -2.33. The van der Waals surface area contributed by atoms with E-state index in [4.69, 9.17) is 0 Å². The molecule has 0 atom stereocenters. The van der Waals surface area contributed by atoms with E-state index in [1.54, 1.807) is 20.8 Å². The largest absolute Gasteiger partial charge is 0.298 e. The summed E-state index contributed by atoms with van der Waals surface area (Å²) in [6.07, 6.45) is 0.649. The van der Waals surface area contributed by atoms with Gasteiger partial charge in [-0.3, -0.25) is 14.4 Å². The first kappa shape index (κ1) is 13.1. The molecular formula is C13H20O3. The maximum Gasteiger partial charge on any atom is 0.156 e. The van der Waals surface area contributed by atoms with Gasteiger partial charge in [-0.05, 0) is 5.41 Å². The number of carbonyl (C=O) groups is 3. The van der Waals surface area contributed by atoms with Crippen molar-refractivity contribution in [2.75, 3.05) is 0 Å². The van der Waals surface area contributed by atoms with Crippen LogP contribution in [0.5, 0.6) is 0 Å². The van der Waals surface area contributed by atoms with Crippen molar-refractivity contribution in [2.45, 2.75) is 47.5 Å². The van der Waals surface area contributed by atoms with Gasteiger partial charge in [-0.25, -0.2) is 0 Å². The summed E-state index contributed by atoms with van der Waals surface area (Å²) in [6.45, 7) is 9.02. The molecule has 1 fully saturated rings. The highest BCUT2D eigenvalue weighted by Gasteiger charge is 2.45. The molecule has 1 aliphatic rings. The number of hydrogen-bond donors (Lipinski definition) is 0. The summed E-state index contributed by atoms with van der Waals surface area (Å²) in [7, 11) is 0. The van der Waals surface area contributed by atoms with Gasteiger partial charge < -0.3 is 0 Å². The fourth-order valence-electron chi connectivity index (χ4n) is 2.11. The third-order valence-corrected chi connectivity index (χ3v) is 2.95. The maximum atomic E-state index is 12.0. The van der Waals surface area contributed by atoms with E-state index in [2.05, 4.69) is 0 Å². The molecule has 0 saturated heterocycles. The van der Waals surface area contributed by atoms with Crippen molar-refractivity contribution in [3.63, 3.8) is 0 Å². The zero-order valence-corrected chi connectivity index (χ0v) is 10.7. The zero-order chi connectivity index (χ0) is 12.7. The van der Waals surface area contributed by atoms with Gasteiger partial charge in [0.05, 0.1) is 0 Å². The Morgan fingerprint density at radius 2 is 1.50 bits per heavy atom. The van der Waals surface area contributed by atoms with Crippen LogP contribution in [0.25, 0.3) is 0 Å². The van der Waals surface area contributed by atoms with Crippen molar-refractivity contribution in [2.24, 2.45) is 16.7 Å². The van der Waals surface area contributed by atoms with E-state index in [9.17, 15) is 14.4 Å². The minimum absolute atomic E-state index is 0.207. The first-order valence-corrected chi connectivity index (χ1v) is 5.64. The Balaban J connectivity index is 2.96. The molecule has 0 amide bonds. The summed E-state index contributed by atoms with van der Waals surface area (Å²) in [5.74, 6) is -1.66. The predicted octanol–water partition coefficient (Wildman–Crippen LogP) is 2.18. The quantitative estimate of drug-likeness (QED) is 0.641. The fourth-order valence-corrected chi connectivity index (χ4v) is 2.11. The van der Waals surface area contributed by atoms with Gasteiger partial charge in [-0.2, -0.15) is 0 Å². The third-order valence-electron chi connectivity index (χ3n) is 2.95. The van der Waals surface area contributed by atoms with Gasteiger partial charge in [0.1, 0.15) is 5.92 Å². The molecule has 1 aliphatic carbocycles. The van der Waals surface area contributed by atoms with E-state index < -0.39 is 11.3 Å². The van der Waals surface area contributed by atoms with Crippen molar-refractivity contribution in [3.8, 4) is 0 Å². The monoisotopic (exact) mass is 224 g/mol. The molecule has 1 rings (SSSR count). The van der Waals surface area contributed by atoms with E-state index in [1.807, 2.05) is 13.8 Å². The fraction of sp³-hybridized carbons (Fsp3) is 0.769. The molecule has 16 heavy (non-hydrogen) atoms. The molecule has 0 bridgehead atoms. The molecule has 0 aromatic carbocycles. The highest BCUT2D eigenvalue weighted by Crippen LogP contribution is 2.36. The second kappa shape index (κ2) is 3.79. The van der Waals surface area contributed by atoms with Gasteiger partial charge in [0.15, 0.2) is 17.3 Å². The predicted molar refractivity (Wildman–Crippen MR) is 61.0 cm³/mol. The second-order valence-corrected chi connectivity index (χ2v) is 6.50. The highest BCUT2D eigenvalue weighted by atomic mass is 16.2. The standard InChI is InChI=1S/C13H20O3/c1-12(2,3)11(16)10-8(14)6-13(4,5)7-9(10)15/h10H,6-7H2,1-5H3. The SMILES string of the molecule is CC1(C)CC(=O)C(C(=O)C(C)(C)C)C(=O)C1. The average molecular weight is 224 g/mol. The topological polar surface area (TPSA) is 51.2 Å². The molecule has 0 heterocycles. The van der Waals surface area contributed by atoms with E-state index in [-0.39, 0.29) is 22.8 Å². The number of rotatable bonds is 1. The average Bonchev–Trinajstić information content (AvgIpc) is 1.97. The highest BCUT2D eigenvalue weighted by molar-refractivity contribution is 6.22. The summed E-state index contributed by atoms with van der Waals surface area (Å²) in [6, 6.07) is 0. The van der Waals surface area contributed by atoms with Gasteiger partial charge in [-0.15, -0.1) is 0 Å². The van der Waals surface area contributed by atoms with Crippen LogP contribution in [0.3, 0.4) is 0 Å². The lowest BCUT2D eigenvalue weighted by molar-refractivity contribution is -0.148. The Labute approximate surface area is 96.6 Å². The number of ketones is 3. The summed E-state index contributed by atoms with van der Waals surface area (Å²) < 4.78 is 0. The third kappa shape index (κ3) is 2.57. The maximum absolute atomic E-state index is 12.0. The van der Waals surface area contributed by atoms with E-state index in [0.717, 1.165) is 0 Å². The normalized spacial score (nSPS) is 22.3. The van der Waals surface area contributed by atoms with Crippen molar-refractivity contribution in [3.05, 3.63) is 0 Å².